The van der Waals surface area contributed by atoms with Gasteiger partial charge in [-0.3, -0.25) is 19.7 Å². The Morgan fingerprint density at radius 1 is 1.22 bits per heavy atom. The Labute approximate surface area is 144 Å². The van der Waals surface area contributed by atoms with Crippen molar-refractivity contribution < 1.29 is 14.5 Å². The molecule has 0 saturated heterocycles. The van der Waals surface area contributed by atoms with Crippen molar-refractivity contribution in [3.63, 3.8) is 0 Å². The van der Waals surface area contributed by atoms with E-state index in [9.17, 15) is 19.7 Å². The van der Waals surface area contributed by atoms with Crippen molar-refractivity contribution in [1.29, 1.82) is 0 Å². The highest BCUT2D eigenvalue weighted by Crippen LogP contribution is 2.24. The van der Waals surface area contributed by atoms with E-state index in [0.29, 0.717) is 5.69 Å². The summed E-state index contributed by atoms with van der Waals surface area (Å²) in [6.07, 6.45) is 1.51. The number of rotatable bonds is 5. The van der Waals surface area contributed by atoms with Crippen molar-refractivity contribution in [2.24, 2.45) is 0 Å². The molecule has 0 aliphatic rings. The van der Waals surface area contributed by atoms with Gasteiger partial charge in [-0.1, -0.05) is 0 Å². The molecule has 2 aromatic rings. The Morgan fingerprint density at radius 3 is 2.35 bits per heavy atom. The number of hydrogen-bond donors (Lipinski definition) is 1. The number of Topliss-reactive ketones (excluding diaryl/α,β-unsaturated/α-hetero) is 1. The van der Waals surface area contributed by atoms with Gasteiger partial charge in [0.1, 0.15) is 0 Å². The van der Waals surface area contributed by atoms with Crippen molar-refractivity contribution in [2.45, 2.75) is 6.92 Å². The molecule has 0 spiro atoms. The molecule has 23 heavy (non-hydrogen) atoms. The number of carbonyl (C=O) groups is 2. The highest BCUT2D eigenvalue weighted by atomic mass is 79.9. The van der Waals surface area contributed by atoms with E-state index in [4.69, 9.17) is 0 Å². The lowest BCUT2D eigenvalue weighted by Crippen LogP contribution is -2.18. The third kappa shape index (κ3) is 4.57. The van der Waals surface area contributed by atoms with Crippen molar-refractivity contribution in [3.8, 4) is 0 Å². The van der Waals surface area contributed by atoms with Gasteiger partial charge in [-0.15, -0.1) is 11.3 Å². The molecule has 8 heteroatoms. The van der Waals surface area contributed by atoms with E-state index < -0.39 is 10.8 Å². The van der Waals surface area contributed by atoms with Crippen LogP contribution in [0.5, 0.6) is 0 Å². The lowest BCUT2D eigenvalue weighted by atomic mass is 10.1. The Balaban J connectivity index is 2.20. The number of ketones is 1. The second kappa shape index (κ2) is 7.30. The number of benzene rings is 1. The Bertz CT molecular complexity index is 796. The van der Waals surface area contributed by atoms with Gasteiger partial charge in [0.15, 0.2) is 5.78 Å². The molecule has 1 amide bonds. The average Bonchev–Trinajstić information content (AvgIpc) is 2.90. The van der Waals surface area contributed by atoms with Crippen LogP contribution in [-0.2, 0) is 9.59 Å². The predicted octanol–water partition coefficient (Wildman–Crippen LogP) is 4.03. The summed E-state index contributed by atoms with van der Waals surface area (Å²) in [4.78, 5) is 34.8. The molecular formula is C15H11BrN2O4S. The third-order valence-corrected chi connectivity index (χ3v) is 4.41. The van der Waals surface area contributed by atoms with E-state index in [1.165, 1.54) is 48.6 Å². The van der Waals surface area contributed by atoms with Gasteiger partial charge in [0.2, 0.25) is 0 Å². The van der Waals surface area contributed by atoms with Crippen LogP contribution in [0.15, 0.2) is 45.8 Å². The van der Waals surface area contributed by atoms with Gasteiger partial charge in [0, 0.05) is 22.7 Å². The van der Waals surface area contributed by atoms with E-state index in [-0.39, 0.29) is 17.0 Å². The normalized spacial score (nSPS) is 11.1. The van der Waals surface area contributed by atoms with Crippen LogP contribution in [0.25, 0.3) is 6.08 Å². The maximum atomic E-state index is 12.2. The number of non-ortho nitro benzene ring substituents is 1. The minimum Gasteiger partial charge on any atom is -0.322 e. The number of anilines is 1. The van der Waals surface area contributed by atoms with Crippen LogP contribution in [0.2, 0.25) is 0 Å². The van der Waals surface area contributed by atoms with Gasteiger partial charge in [0.05, 0.1) is 14.3 Å². The summed E-state index contributed by atoms with van der Waals surface area (Å²) in [5.74, 6) is -0.926. The van der Waals surface area contributed by atoms with Gasteiger partial charge in [-0.2, -0.15) is 0 Å². The number of nitro groups is 1. The third-order valence-electron chi connectivity index (χ3n) is 2.84. The van der Waals surface area contributed by atoms with E-state index in [2.05, 4.69) is 21.2 Å². The second-order valence-electron chi connectivity index (χ2n) is 4.51. The van der Waals surface area contributed by atoms with Crippen LogP contribution in [-0.4, -0.2) is 16.6 Å². The van der Waals surface area contributed by atoms with Crippen molar-refractivity contribution in [1.82, 2.24) is 0 Å². The SMILES string of the molecule is CC(=O)C(=Cc1ccc(Br)s1)C(=O)Nc1ccc([N+](=O)[O-])cc1. The first-order chi connectivity index (χ1) is 10.9. The summed E-state index contributed by atoms with van der Waals surface area (Å²) >= 11 is 4.71. The zero-order valence-corrected chi connectivity index (χ0v) is 14.3. The monoisotopic (exact) mass is 394 g/mol. The minimum absolute atomic E-state index is 0.0118. The van der Waals surface area contributed by atoms with Crippen LogP contribution < -0.4 is 5.32 Å². The van der Waals surface area contributed by atoms with Gasteiger partial charge >= 0.3 is 0 Å². The zero-order valence-electron chi connectivity index (χ0n) is 11.9. The van der Waals surface area contributed by atoms with Crippen LogP contribution in [0.3, 0.4) is 0 Å². The number of nitrogens with one attached hydrogen (secondary N) is 1. The van der Waals surface area contributed by atoms with E-state index in [1.807, 2.05) is 6.07 Å². The summed E-state index contributed by atoms with van der Waals surface area (Å²) in [5.41, 5.74) is 0.312. The molecule has 0 saturated carbocycles. The first kappa shape index (κ1) is 17.0. The van der Waals surface area contributed by atoms with Crippen molar-refractivity contribution >= 4 is 56.4 Å². The first-order valence-corrected chi connectivity index (χ1v) is 8.01. The van der Waals surface area contributed by atoms with Crippen molar-refractivity contribution in [2.75, 3.05) is 5.32 Å². The molecule has 1 aromatic carbocycles. The van der Waals surface area contributed by atoms with E-state index >= 15 is 0 Å². The lowest BCUT2D eigenvalue weighted by Gasteiger charge is -2.06. The topological polar surface area (TPSA) is 89.3 Å². The molecule has 1 N–H and O–H groups in total. The molecule has 118 valence electrons. The summed E-state index contributed by atoms with van der Waals surface area (Å²) in [6, 6.07) is 9.00. The summed E-state index contributed by atoms with van der Waals surface area (Å²) < 4.78 is 0.891. The van der Waals surface area contributed by atoms with Crippen LogP contribution in [0.1, 0.15) is 11.8 Å². The fraction of sp³-hybridized carbons (Fsp3) is 0.0667. The maximum Gasteiger partial charge on any atom is 0.269 e. The Hall–Kier alpha value is -2.32. The van der Waals surface area contributed by atoms with Gasteiger partial charge < -0.3 is 5.32 Å². The summed E-state index contributed by atoms with van der Waals surface area (Å²) in [7, 11) is 0. The molecule has 0 aliphatic heterocycles. The summed E-state index contributed by atoms with van der Waals surface area (Å²) in [5, 5.41) is 13.2. The molecular weight excluding hydrogens is 384 g/mol. The highest BCUT2D eigenvalue weighted by Gasteiger charge is 2.16. The molecule has 6 nitrogen and oxygen atoms in total. The van der Waals surface area contributed by atoms with Gasteiger partial charge in [0.25, 0.3) is 11.6 Å². The molecule has 0 radical (unpaired) electrons. The molecule has 0 bridgehead atoms. The van der Waals surface area contributed by atoms with E-state index in [1.54, 1.807) is 6.07 Å². The number of halogens is 1. The fourth-order valence-electron chi connectivity index (χ4n) is 1.74. The van der Waals surface area contributed by atoms with Crippen LogP contribution in [0, 0.1) is 10.1 Å². The molecule has 0 atom stereocenters. The number of carbonyl (C=O) groups excluding carboxylic acids is 2. The smallest absolute Gasteiger partial charge is 0.269 e. The second-order valence-corrected chi connectivity index (χ2v) is 7.01. The molecule has 1 heterocycles. The standard InChI is InChI=1S/C15H11BrN2O4S/c1-9(19)13(8-12-6-7-14(16)23-12)15(20)17-10-2-4-11(5-3-10)18(21)22/h2-8H,1H3,(H,17,20). The Morgan fingerprint density at radius 2 is 1.87 bits per heavy atom. The molecule has 2 rings (SSSR count). The van der Waals surface area contributed by atoms with Gasteiger partial charge in [-0.05, 0) is 53.2 Å². The predicted molar refractivity (Wildman–Crippen MR) is 92.4 cm³/mol. The lowest BCUT2D eigenvalue weighted by molar-refractivity contribution is -0.384. The minimum atomic E-state index is -0.559. The van der Waals surface area contributed by atoms with E-state index in [0.717, 1.165) is 8.66 Å². The van der Waals surface area contributed by atoms with Crippen LogP contribution >= 0.6 is 27.3 Å². The fourth-order valence-corrected chi connectivity index (χ4v) is 3.11. The average molecular weight is 395 g/mol. The number of nitro benzene ring substituents is 1. The number of thiophene rings is 1. The highest BCUT2D eigenvalue weighted by molar-refractivity contribution is 9.11. The largest absolute Gasteiger partial charge is 0.322 e. The molecule has 1 aromatic heterocycles. The molecule has 0 unspecified atom stereocenters. The Kier molecular flexibility index (Phi) is 5.41. The number of nitrogens with zero attached hydrogens (tertiary/aromatic N) is 1. The quantitative estimate of drug-likeness (QED) is 0.272. The molecule has 0 aliphatic carbocycles. The summed E-state index contributed by atoms with van der Waals surface area (Å²) in [6.45, 7) is 1.31. The zero-order chi connectivity index (χ0) is 17.0. The first-order valence-electron chi connectivity index (χ1n) is 6.40. The van der Waals surface area contributed by atoms with Crippen molar-refractivity contribution in [3.05, 3.63) is 60.7 Å². The number of hydrogen-bond acceptors (Lipinski definition) is 5. The maximum absolute atomic E-state index is 12.2. The van der Waals surface area contributed by atoms with Crippen LogP contribution in [0.4, 0.5) is 11.4 Å². The molecule has 0 fully saturated rings. The van der Waals surface area contributed by atoms with Gasteiger partial charge in [-0.25, -0.2) is 0 Å². The number of amides is 1.